The maximum atomic E-state index is 6.83. The van der Waals surface area contributed by atoms with Crippen LogP contribution in [0, 0.1) is 12.3 Å². The maximum absolute atomic E-state index is 6.83. The Balaban J connectivity index is 1.50. The van der Waals surface area contributed by atoms with Gasteiger partial charge in [-0.05, 0) is 61.9 Å². The Kier molecular flexibility index (Phi) is 5.39. The van der Waals surface area contributed by atoms with Crippen molar-refractivity contribution >= 4 is 6.08 Å². The molecular weight excluding hydrogens is 432 g/mol. The fourth-order valence-corrected chi connectivity index (χ4v) is 6.32. The van der Waals surface area contributed by atoms with E-state index in [1.54, 1.807) is 0 Å². The third-order valence-corrected chi connectivity index (χ3v) is 8.05. The minimum absolute atomic E-state index is 0.198. The monoisotopic (exact) mass is 464 g/mol. The smallest absolute Gasteiger partial charge is 0.180 e. The Morgan fingerprint density at radius 2 is 1.74 bits per heavy atom. The Morgan fingerprint density at radius 3 is 2.43 bits per heavy atom. The first kappa shape index (κ1) is 22.3. The summed E-state index contributed by atoms with van der Waals surface area (Å²) in [6, 6.07) is 19.3. The lowest BCUT2D eigenvalue weighted by Gasteiger charge is -2.53. The first-order chi connectivity index (χ1) is 17.1. The van der Waals surface area contributed by atoms with Gasteiger partial charge in [0.25, 0.3) is 0 Å². The Morgan fingerprint density at radius 1 is 1.03 bits per heavy atom. The zero-order chi connectivity index (χ0) is 24.0. The van der Waals surface area contributed by atoms with E-state index in [4.69, 9.17) is 14.6 Å². The van der Waals surface area contributed by atoms with Gasteiger partial charge in [-0.2, -0.15) is 5.10 Å². The van der Waals surface area contributed by atoms with Crippen LogP contribution in [-0.2, 0) is 22.3 Å². The molecule has 2 aliphatic carbocycles. The van der Waals surface area contributed by atoms with E-state index in [2.05, 4.69) is 85.4 Å². The second kappa shape index (κ2) is 8.47. The molecule has 1 aromatic heterocycles. The highest BCUT2D eigenvalue weighted by molar-refractivity contribution is 5.62. The normalized spacial score (nSPS) is 26.6. The standard InChI is InChI=1S/C31H32N2O2/c1-4-28-29(5-2)35-31(34-28)17-9-12-25-18-27-24(20-30(25,31)19-23-10-7-6-8-11-23)21-32-33(27)26-15-13-22(3)14-16-26/h4-8,10-11,13-16,18,21,28-29H,1-2,9,12,17,19-20H2,3H3/t28-,29-,30+/m1/s1. The van der Waals surface area contributed by atoms with Crippen molar-refractivity contribution in [1.29, 1.82) is 0 Å². The van der Waals surface area contributed by atoms with Crippen LogP contribution in [0.3, 0.4) is 0 Å². The van der Waals surface area contributed by atoms with Crippen molar-refractivity contribution in [3.05, 3.63) is 114 Å². The van der Waals surface area contributed by atoms with E-state index in [1.807, 2.05) is 18.3 Å². The number of hydrogen-bond acceptors (Lipinski definition) is 3. The molecule has 3 aliphatic rings. The number of aryl methyl sites for hydroxylation is 1. The summed E-state index contributed by atoms with van der Waals surface area (Å²) >= 11 is 0. The van der Waals surface area contributed by atoms with E-state index in [1.165, 1.54) is 28.0 Å². The summed E-state index contributed by atoms with van der Waals surface area (Å²) in [5, 5.41) is 4.83. The van der Waals surface area contributed by atoms with Gasteiger partial charge >= 0.3 is 0 Å². The Hall–Kier alpha value is -3.21. The van der Waals surface area contributed by atoms with Gasteiger partial charge in [0.05, 0.1) is 23.0 Å². The molecule has 4 heteroatoms. The van der Waals surface area contributed by atoms with Crippen LogP contribution in [0.2, 0.25) is 0 Å². The highest BCUT2D eigenvalue weighted by atomic mass is 16.8. The lowest BCUT2D eigenvalue weighted by Crippen LogP contribution is -2.56. The van der Waals surface area contributed by atoms with Gasteiger partial charge < -0.3 is 9.47 Å². The summed E-state index contributed by atoms with van der Waals surface area (Å²) in [6.07, 6.45) is 12.3. The van der Waals surface area contributed by atoms with Crippen LogP contribution in [-0.4, -0.2) is 27.8 Å². The van der Waals surface area contributed by atoms with E-state index in [9.17, 15) is 0 Å². The third kappa shape index (κ3) is 3.47. The van der Waals surface area contributed by atoms with Crippen molar-refractivity contribution in [3.8, 4) is 5.69 Å². The van der Waals surface area contributed by atoms with Crippen LogP contribution in [0.15, 0.2) is 91.7 Å². The van der Waals surface area contributed by atoms with Crippen LogP contribution < -0.4 is 0 Å². The van der Waals surface area contributed by atoms with E-state index in [0.717, 1.165) is 37.8 Å². The lowest BCUT2D eigenvalue weighted by atomic mass is 9.58. The number of aromatic nitrogens is 2. The minimum Gasteiger partial charge on any atom is -0.339 e. The molecule has 35 heavy (non-hydrogen) atoms. The molecule has 3 aromatic rings. The van der Waals surface area contributed by atoms with Gasteiger partial charge in [-0.1, -0.05) is 65.8 Å². The van der Waals surface area contributed by atoms with Crippen molar-refractivity contribution in [2.75, 3.05) is 0 Å². The Bertz CT molecular complexity index is 1270. The highest BCUT2D eigenvalue weighted by Gasteiger charge is 2.63. The molecule has 0 unspecified atom stereocenters. The fraction of sp³-hybridized carbons (Fsp3) is 0.323. The van der Waals surface area contributed by atoms with Crippen LogP contribution >= 0.6 is 0 Å². The molecule has 2 fully saturated rings. The number of fused-ring (bicyclic) bond motifs is 3. The molecule has 1 spiro atoms. The molecule has 6 rings (SSSR count). The predicted octanol–water partition coefficient (Wildman–Crippen LogP) is 6.39. The van der Waals surface area contributed by atoms with Crippen LogP contribution in [0.25, 0.3) is 11.8 Å². The molecular formula is C31H32N2O2. The third-order valence-electron chi connectivity index (χ3n) is 8.05. The number of hydrogen-bond donors (Lipinski definition) is 0. The quantitative estimate of drug-likeness (QED) is 0.411. The first-order valence-corrected chi connectivity index (χ1v) is 12.6. The SMILES string of the molecule is C=C[C@H]1OC2(CCCC3=Cc4c(cnn4-c4ccc(C)cc4)C[C@@]32Cc2ccccc2)O[C@@H]1C=C. The summed E-state index contributed by atoms with van der Waals surface area (Å²) < 4.78 is 15.7. The molecule has 0 radical (unpaired) electrons. The van der Waals surface area contributed by atoms with Gasteiger partial charge in [-0.15, -0.1) is 13.2 Å². The van der Waals surface area contributed by atoms with Gasteiger partial charge in [0.1, 0.15) is 12.2 Å². The molecule has 178 valence electrons. The molecule has 0 bridgehead atoms. The summed E-state index contributed by atoms with van der Waals surface area (Å²) in [4.78, 5) is 0. The molecule has 1 aliphatic heterocycles. The van der Waals surface area contributed by atoms with Crippen LogP contribution in [0.1, 0.15) is 41.6 Å². The van der Waals surface area contributed by atoms with E-state index < -0.39 is 5.79 Å². The lowest BCUT2D eigenvalue weighted by molar-refractivity contribution is -0.248. The average Bonchev–Trinajstić information content (AvgIpc) is 3.46. The molecule has 2 aromatic carbocycles. The number of nitrogens with zero attached hydrogens (tertiary/aromatic N) is 2. The Labute approximate surface area is 207 Å². The van der Waals surface area contributed by atoms with Gasteiger partial charge in [0, 0.05) is 6.42 Å². The molecule has 1 saturated carbocycles. The molecule has 3 atom stereocenters. The zero-order valence-corrected chi connectivity index (χ0v) is 20.3. The summed E-state index contributed by atoms with van der Waals surface area (Å²) in [5.74, 6) is -0.728. The van der Waals surface area contributed by atoms with Gasteiger partial charge in [-0.3, -0.25) is 0 Å². The molecule has 0 amide bonds. The minimum atomic E-state index is -0.728. The molecule has 2 heterocycles. The fourth-order valence-electron chi connectivity index (χ4n) is 6.32. The van der Waals surface area contributed by atoms with Crippen LogP contribution in [0.4, 0.5) is 0 Å². The molecule has 1 saturated heterocycles. The van der Waals surface area contributed by atoms with E-state index >= 15 is 0 Å². The van der Waals surface area contributed by atoms with E-state index in [0.29, 0.717) is 0 Å². The van der Waals surface area contributed by atoms with Crippen molar-refractivity contribution in [1.82, 2.24) is 9.78 Å². The number of ether oxygens (including phenoxy) is 2. The van der Waals surface area contributed by atoms with Crippen molar-refractivity contribution < 1.29 is 9.47 Å². The van der Waals surface area contributed by atoms with Gasteiger partial charge in [-0.25, -0.2) is 4.68 Å². The average molecular weight is 465 g/mol. The largest absolute Gasteiger partial charge is 0.339 e. The second-order valence-corrected chi connectivity index (χ2v) is 10.1. The number of benzene rings is 2. The van der Waals surface area contributed by atoms with Gasteiger partial charge in [0.2, 0.25) is 0 Å². The summed E-state index contributed by atoms with van der Waals surface area (Å²) in [6.45, 7) is 10.2. The highest BCUT2D eigenvalue weighted by Crippen LogP contribution is 2.60. The zero-order valence-electron chi connectivity index (χ0n) is 20.3. The summed E-state index contributed by atoms with van der Waals surface area (Å²) in [7, 11) is 0. The molecule has 0 N–H and O–H groups in total. The molecule has 4 nitrogen and oxygen atoms in total. The van der Waals surface area contributed by atoms with Gasteiger partial charge in [0.15, 0.2) is 5.79 Å². The second-order valence-electron chi connectivity index (χ2n) is 10.1. The van der Waals surface area contributed by atoms with Crippen molar-refractivity contribution in [3.63, 3.8) is 0 Å². The predicted molar refractivity (Wildman–Crippen MR) is 139 cm³/mol. The summed E-state index contributed by atoms with van der Waals surface area (Å²) in [5.41, 5.74) is 7.09. The van der Waals surface area contributed by atoms with Crippen molar-refractivity contribution in [2.45, 2.75) is 57.0 Å². The topological polar surface area (TPSA) is 36.3 Å². The van der Waals surface area contributed by atoms with E-state index in [-0.39, 0.29) is 17.6 Å². The van der Waals surface area contributed by atoms with Crippen LogP contribution in [0.5, 0.6) is 0 Å². The number of rotatable bonds is 5. The van der Waals surface area contributed by atoms with Crippen molar-refractivity contribution in [2.24, 2.45) is 5.41 Å². The first-order valence-electron chi connectivity index (χ1n) is 12.6. The maximum Gasteiger partial charge on any atom is 0.180 e.